The highest BCUT2D eigenvalue weighted by atomic mass is 32.2. The fraction of sp³-hybridized carbons (Fsp3) is 0.238. The second kappa shape index (κ2) is 9.34. The third kappa shape index (κ3) is 5.00. The number of carbonyl (C=O) groups is 1. The Hall–Kier alpha value is -3.18. The van der Waals surface area contributed by atoms with Crippen LogP contribution in [0.25, 0.3) is 5.69 Å². The Labute approximate surface area is 173 Å². The summed E-state index contributed by atoms with van der Waals surface area (Å²) in [6, 6.07) is 15.7. The molecule has 1 amide bonds. The van der Waals surface area contributed by atoms with Crippen LogP contribution in [0.3, 0.4) is 0 Å². The number of amides is 1. The highest BCUT2D eigenvalue weighted by Crippen LogP contribution is 2.24. The van der Waals surface area contributed by atoms with Gasteiger partial charge in [-0.05, 0) is 55.8 Å². The first-order chi connectivity index (χ1) is 14.0. The van der Waals surface area contributed by atoms with Crippen LogP contribution in [0.4, 0.5) is 10.1 Å². The van der Waals surface area contributed by atoms with Gasteiger partial charge in [0.25, 0.3) is 0 Å². The van der Waals surface area contributed by atoms with Crippen LogP contribution >= 0.6 is 11.8 Å². The molecule has 0 N–H and O–H groups in total. The third-order valence-electron chi connectivity index (χ3n) is 4.27. The highest BCUT2D eigenvalue weighted by Gasteiger charge is 2.19. The molecular weight excluding hydrogens is 389 g/mol. The van der Waals surface area contributed by atoms with E-state index in [1.807, 2.05) is 48.7 Å². The van der Waals surface area contributed by atoms with Gasteiger partial charge >= 0.3 is 0 Å². The molecule has 0 fully saturated rings. The molecule has 3 aromatic rings. The minimum Gasteiger partial charge on any atom is -0.311 e. The van der Waals surface area contributed by atoms with Crippen LogP contribution in [0.5, 0.6) is 0 Å². The fourth-order valence-corrected chi connectivity index (χ4v) is 3.76. The van der Waals surface area contributed by atoms with Crippen molar-refractivity contribution in [3.8, 4) is 11.8 Å². The van der Waals surface area contributed by atoms with E-state index in [-0.39, 0.29) is 30.4 Å². The Balaban J connectivity index is 1.78. The van der Waals surface area contributed by atoms with E-state index in [4.69, 9.17) is 5.26 Å². The number of thioether (sulfide) groups is 1. The summed E-state index contributed by atoms with van der Waals surface area (Å²) in [4.78, 5) is 14.4. The first-order valence-corrected chi connectivity index (χ1v) is 10.0. The van der Waals surface area contributed by atoms with Crippen molar-refractivity contribution in [3.05, 3.63) is 65.7 Å². The fourth-order valence-electron chi connectivity index (χ4n) is 2.89. The van der Waals surface area contributed by atoms with Crippen LogP contribution in [0.2, 0.25) is 0 Å². The van der Waals surface area contributed by atoms with E-state index in [2.05, 4.69) is 10.2 Å². The van der Waals surface area contributed by atoms with Crippen LogP contribution < -0.4 is 4.90 Å². The standard InChI is InChI=1S/C21H20FN5OS/c1-15-5-3-6-19(13-15)27-16(2)24-25-21(27)29-14-20(28)26(12-4-11-23)18-9-7-17(22)8-10-18/h3,5-10,13H,4,12,14H2,1-2H3. The van der Waals surface area contributed by atoms with Crippen molar-refractivity contribution in [2.45, 2.75) is 25.4 Å². The number of nitriles is 1. The molecule has 29 heavy (non-hydrogen) atoms. The summed E-state index contributed by atoms with van der Waals surface area (Å²) in [5, 5.41) is 17.9. The van der Waals surface area contributed by atoms with Crippen molar-refractivity contribution in [2.24, 2.45) is 0 Å². The van der Waals surface area contributed by atoms with Gasteiger partial charge in [-0.1, -0.05) is 23.9 Å². The van der Waals surface area contributed by atoms with Gasteiger partial charge in [-0.2, -0.15) is 5.26 Å². The van der Waals surface area contributed by atoms with Gasteiger partial charge in [-0.25, -0.2) is 4.39 Å². The number of benzene rings is 2. The molecule has 148 valence electrons. The Morgan fingerprint density at radius 3 is 2.66 bits per heavy atom. The Morgan fingerprint density at radius 1 is 1.21 bits per heavy atom. The molecule has 2 aromatic carbocycles. The first-order valence-electron chi connectivity index (χ1n) is 9.04. The summed E-state index contributed by atoms with van der Waals surface area (Å²) in [6.07, 6.45) is 0.187. The normalized spacial score (nSPS) is 10.6. The van der Waals surface area contributed by atoms with Crippen LogP contribution in [0, 0.1) is 31.0 Å². The molecular formula is C21H20FN5OS. The summed E-state index contributed by atoms with van der Waals surface area (Å²) in [7, 11) is 0. The van der Waals surface area contributed by atoms with Gasteiger partial charge in [0.2, 0.25) is 5.91 Å². The van der Waals surface area contributed by atoms with Crippen LogP contribution in [-0.4, -0.2) is 33.0 Å². The maximum Gasteiger partial charge on any atom is 0.237 e. The van der Waals surface area contributed by atoms with Crippen LogP contribution in [0.1, 0.15) is 17.8 Å². The van der Waals surface area contributed by atoms with E-state index in [1.165, 1.54) is 40.9 Å². The average molecular weight is 409 g/mol. The molecule has 6 nitrogen and oxygen atoms in total. The molecule has 0 unspecified atom stereocenters. The molecule has 0 aliphatic carbocycles. The number of aryl methyl sites for hydroxylation is 2. The lowest BCUT2D eigenvalue weighted by Gasteiger charge is -2.21. The number of hydrogen-bond donors (Lipinski definition) is 0. The molecule has 0 saturated carbocycles. The molecule has 1 heterocycles. The Morgan fingerprint density at radius 2 is 1.97 bits per heavy atom. The van der Waals surface area contributed by atoms with Gasteiger partial charge in [0.1, 0.15) is 11.6 Å². The van der Waals surface area contributed by atoms with Crippen molar-refractivity contribution >= 4 is 23.4 Å². The number of anilines is 1. The highest BCUT2D eigenvalue weighted by molar-refractivity contribution is 7.99. The molecule has 0 spiro atoms. The monoisotopic (exact) mass is 409 g/mol. The topological polar surface area (TPSA) is 74.8 Å². The molecule has 0 aliphatic heterocycles. The van der Waals surface area contributed by atoms with Crippen molar-refractivity contribution in [3.63, 3.8) is 0 Å². The largest absolute Gasteiger partial charge is 0.311 e. The zero-order valence-corrected chi connectivity index (χ0v) is 17.0. The van der Waals surface area contributed by atoms with Gasteiger partial charge in [0.05, 0.1) is 18.2 Å². The molecule has 8 heteroatoms. The molecule has 0 bridgehead atoms. The third-order valence-corrected chi connectivity index (χ3v) is 5.18. The van der Waals surface area contributed by atoms with Gasteiger partial charge in [-0.3, -0.25) is 9.36 Å². The second-order valence-electron chi connectivity index (χ2n) is 6.42. The van der Waals surface area contributed by atoms with E-state index in [0.717, 1.165) is 17.1 Å². The van der Waals surface area contributed by atoms with Crippen molar-refractivity contribution in [1.82, 2.24) is 14.8 Å². The van der Waals surface area contributed by atoms with E-state index >= 15 is 0 Å². The van der Waals surface area contributed by atoms with E-state index in [0.29, 0.717) is 10.8 Å². The minimum atomic E-state index is -0.377. The number of aromatic nitrogens is 3. The number of hydrogen-bond acceptors (Lipinski definition) is 5. The van der Waals surface area contributed by atoms with Gasteiger partial charge in [0, 0.05) is 17.9 Å². The lowest BCUT2D eigenvalue weighted by atomic mass is 10.2. The van der Waals surface area contributed by atoms with Gasteiger partial charge < -0.3 is 4.90 Å². The maximum absolute atomic E-state index is 13.2. The average Bonchev–Trinajstić information content (AvgIpc) is 3.08. The number of rotatable bonds is 7. The predicted octanol–water partition coefficient (Wildman–Crippen LogP) is 4.06. The first kappa shape index (κ1) is 20.6. The van der Waals surface area contributed by atoms with Crippen LogP contribution in [-0.2, 0) is 4.79 Å². The second-order valence-corrected chi connectivity index (χ2v) is 7.37. The van der Waals surface area contributed by atoms with Crippen molar-refractivity contribution < 1.29 is 9.18 Å². The Bertz CT molecular complexity index is 1040. The zero-order valence-electron chi connectivity index (χ0n) is 16.2. The molecule has 3 rings (SSSR count). The van der Waals surface area contributed by atoms with E-state index in [9.17, 15) is 9.18 Å². The summed E-state index contributed by atoms with van der Waals surface area (Å²) < 4.78 is 15.1. The number of carbonyl (C=O) groups excluding carboxylic acids is 1. The molecule has 0 radical (unpaired) electrons. The zero-order chi connectivity index (χ0) is 20.8. The summed E-state index contributed by atoms with van der Waals surface area (Å²) in [5.41, 5.74) is 2.60. The predicted molar refractivity (Wildman–Crippen MR) is 111 cm³/mol. The van der Waals surface area contributed by atoms with Crippen molar-refractivity contribution in [1.29, 1.82) is 5.26 Å². The van der Waals surface area contributed by atoms with E-state index in [1.54, 1.807) is 0 Å². The SMILES string of the molecule is Cc1cccc(-n2c(C)nnc2SCC(=O)N(CCC#N)c2ccc(F)cc2)c1. The number of halogens is 1. The maximum atomic E-state index is 13.2. The lowest BCUT2D eigenvalue weighted by molar-refractivity contribution is -0.116. The van der Waals surface area contributed by atoms with Crippen LogP contribution in [0.15, 0.2) is 53.7 Å². The summed E-state index contributed by atoms with van der Waals surface area (Å²) in [6.45, 7) is 4.11. The molecule has 1 aromatic heterocycles. The van der Waals surface area contributed by atoms with Crippen molar-refractivity contribution in [2.75, 3.05) is 17.2 Å². The molecule has 0 aliphatic rings. The smallest absolute Gasteiger partial charge is 0.237 e. The van der Waals surface area contributed by atoms with Gasteiger partial charge in [-0.15, -0.1) is 10.2 Å². The van der Waals surface area contributed by atoms with Gasteiger partial charge in [0.15, 0.2) is 5.16 Å². The minimum absolute atomic E-state index is 0.118. The number of nitrogens with zero attached hydrogens (tertiary/aromatic N) is 5. The summed E-state index contributed by atoms with van der Waals surface area (Å²) in [5.74, 6) is 0.281. The lowest BCUT2D eigenvalue weighted by Crippen LogP contribution is -2.33. The summed E-state index contributed by atoms with van der Waals surface area (Å²) >= 11 is 1.28. The molecule has 0 saturated heterocycles. The Kier molecular flexibility index (Phi) is 6.62. The molecule has 0 atom stereocenters. The van der Waals surface area contributed by atoms with E-state index < -0.39 is 0 Å². The quantitative estimate of drug-likeness (QED) is 0.550.